The van der Waals surface area contributed by atoms with Crippen molar-refractivity contribution >= 4 is 23.5 Å². The Labute approximate surface area is 98.9 Å². The topological polar surface area (TPSA) is 75.1 Å². The molecule has 1 amide bonds. The van der Waals surface area contributed by atoms with Crippen LogP contribution in [0, 0.1) is 6.92 Å². The number of halogens is 1. The van der Waals surface area contributed by atoms with Crippen molar-refractivity contribution in [1.29, 1.82) is 0 Å². The zero-order chi connectivity index (χ0) is 12.1. The van der Waals surface area contributed by atoms with Crippen molar-refractivity contribution < 1.29 is 9.90 Å². The van der Waals surface area contributed by atoms with Crippen molar-refractivity contribution in [3.8, 4) is 0 Å². The molecule has 0 radical (unpaired) electrons. The first-order chi connectivity index (χ1) is 7.47. The van der Waals surface area contributed by atoms with Gasteiger partial charge in [0.2, 0.25) is 11.9 Å². The van der Waals surface area contributed by atoms with E-state index in [2.05, 4.69) is 15.3 Å². The van der Waals surface area contributed by atoms with Gasteiger partial charge in [0.15, 0.2) is 0 Å². The number of anilines is 1. The fourth-order valence-electron chi connectivity index (χ4n) is 1.11. The van der Waals surface area contributed by atoms with E-state index in [0.717, 1.165) is 0 Å². The zero-order valence-corrected chi connectivity index (χ0v) is 9.95. The molecule has 0 saturated carbocycles. The molecule has 1 rings (SSSR count). The minimum atomic E-state index is -0.493. The van der Waals surface area contributed by atoms with E-state index in [1.54, 1.807) is 19.9 Å². The number of aliphatic hydroxyl groups is 1. The molecule has 16 heavy (non-hydrogen) atoms. The van der Waals surface area contributed by atoms with Gasteiger partial charge in [-0.3, -0.25) is 10.1 Å². The molecule has 1 aromatic rings. The number of amides is 1. The highest BCUT2D eigenvalue weighted by Gasteiger charge is 2.07. The van der Waals surface area contributed by atoms with Gasteiger partial charge in [-0.1, -0.05) is 11.6 Å². The number of aryl methyl sites for hydroxylation is 1. The molecule has 0 spiro atoms. The lowest BCUT2D eigenvalue weighted by atomic mass is 10.2. The van der Waals surface area contributed by atoms with Crippen LogP contribution in [0.1, 0.15) is 25.5 Å². The van der Waals surface area contributed by atoms with Crippen molar-refractivity contribution in [2.45, 2.75) is 32.8 Å². The first-order valence-corrected chi connectivity index (χ1v) is 5.34. The maximum Gasteiger partial charge on any atom is 0.231 e. The number of hydrogen-bond acceptors (Lipinski definition) is 4. The standard InChI is InChI=1S/C10H14ClN3O2/c1-6-5-8(11)13-10(12-6)14-9(16)4-3-7(2)15/h5,7,15H,3-4H2,1-2H3,(H,12,13,14,16). The highest BCUT2D eigenvalue weighted by molar-refractivity contribution is 6.29. The van der Waals surface area contributed by atoms with Gasteiger partial charge in [0.25, 0.3) is 0 Å². The van der Waals surface area contributed by atoms with E-state index in [1.807, 2.05) is 0 Å². The fraction of sp³-hybridized carbons (Fsp3) is 0.500. The summed E-state index contributed by atoms with van der Waals surface area (Å²) in [5, 5.41) is 11.8. The van der Waals surface area contributed by atoms with E-state index in [4.69, 9.17) is 16.7 Å². The molecule has 0 aliphatic carbocycles. The molecular weight excluding hydrogens is 230 g/mol. The normalized spacial score (nSPS) is 12.2. The smallest absolute Gasteiger partial charge is 0.231 e. The van der Waals surface area contributed by atoms with Gasteiger partial charge in [0.1, 0.15) is 5.15 Å². The molecule has 88 valence electrons. The second-order valence-electron chi connectivity index (χ2n) is 3.59. The third-order valence-electron chi connectivity index (χ3n) is 1.86. The maximum absolute atomic E-state index is 11.4. The Kier molecular flexibility index (Phi) is 4.64. The Morgan fingerprint density at radius 2 is 2.31 bits per heavy atom. The largest absolute Gasteiger partial charge is 0.393 e. The molecule has 2 N–H and O–H groups in total. The van der Waals surface area contributed by atoms with Crippen LogP contribution >= 0.6 is 11.6 Å². The average Bonchev–Trinajstić information content (AvgIpc) is 2.12. The number of carbonyl (C=O) groups excluding carboxylic acids is 1. The lowest BCUT2D eigenvalue weighted by Gasteiger charge is -2.05. The molecule has 0 bridgehead atoms. The van der Waals surface area contributed by atoms with Gasteiger partial charge in [-0.2, -0.15) is 0 Å². The van der Waals surface area contributed by atoms with Crippen LogP contribution in [0.3, 0.4) is 0 Å². The third-order valence-corrected chi connectivity index (χ3v) is 2.06. The summed E-state index contributed by atoms with van der Waals surface area (Å²) >= 11 is 5.72. The second kappa shape index (κ2) is 5.77. The molecule has 0 saturated heterocycles. The molecule has 0 aliphatic heterocycles. The summed E-state index contributed by atoms with van der Waals surface area (Å²) in [6.07, 6.45) is 0.144. The maximum atomic E-state index is 11.4. The molecule has 1 aromatic heterocycles. The van der Waals surface area contributed by atoms with Gasteiger partial charge >= 0.3 is 0 Å². The number of aliphatic hydroxyl groups excluding tert-OH is 1. The highest BCUT2D eigenvalue weighted by atomic mass is 35.5. The van der Waals surface area contributed by atoms with Crippen molar-refractivity contribution in [2.24, 2.45) is 0 Å². The van der Waals surface area contributed by atoms with E-state index in [1.165, 1.54) is 0 Å². The van der Waals surface area contributed by atoms with Crippen LogP contribution in [0.25, 0.3) is 0 Å². The average molecular weight is 244 g/mol. The SMILES string of the molecule is Cc1cc(Cl)nc(NC(=O)CCC(C)O)n1. The Balaban J connectivity index is 2.56. The predicted octanol–water partition coefficient (Wildman–Crippen LogP) is 1.54. The fourth-order valence-corrected chi connectivity index (χ4v) is 1.35. The molecule has 0 aromatic carbocycles. The van der Waals surface area contributed by atoms with Crippen LogP contribution < -0.4 is 5.32 Å². The van der Waals surface area contributed by atoms with Crippen molar-refractivity contribution in [1.82, 2.24) is 9.97 Å². The first kappa shape index (κ1) is 12.9. The Morgan fingerprint density at radius 3 is 2.88 bits per heavy atom. The van der Waals surface area contributed by atoms with Gasteiger partial charge in [0, 0.05) is 12.1 Å². The summed E-state index contributed by atoms with van der Waals surface area (Å²) in [4.78, 5) is 19.3. The number of aromatic nitrogens is 2. The van der Waals surface area contributed by atoms with E-state index in [9.17, 15) is 4.79 Å². The van der Waals surface area contributed by atoms with Crippen LogP contribution in [0.5, 0.6) is 0 Å². The lowest BCUT2D eigenvalue weighted by Crippen LogP contribution is -2.16. The van der Waals surface area contributed by atoms with Gasteiger partial charge in [-0.05, 0) is 26.3 Å². The summed E-state index contributed by atoms with van der Waals surface area (Å²) in [5.74, 6) is -0.0387. The number of carbonyl (C=O) groups is 1. The Bertz CT molecular complexity index is 362. The number of rotatable bonds is 4. The minimum Gasteiger partial charge on any atom is -0.393 e. The van der Waals surface area contributed by atoms with Crippen molar-refractivity contribution in [3.05, 3.63) is 16.9 Å². The highest BCUT2D eigenvalue weighted by Crippen LogP contribution is 2.10. The third kappa shape index (κ3) is 4.55. The van der Waals surface area contributed by atoms with Gasteiger partial charge in [-0.15, -0.1) is 0 Å². The van der Waals surface area contributed by atoms with Crippen molar-refractivity contribution in [2.75, 3.05) is 5.32 Å². The molecule has 1 atom stereocenters. The summed E-state index contributed by atoms with van der Waals surface area (Å²) in [6.45, 7) is 3.40. The molecule has 6 heteroatoms. The Hall–Kier alpha value is -1.20. The summed E-state index contributed by atoms with van der Waals surface area (Å²) in [5.41, 5.74) is 0.686. The van der Waals surface area contributed by atoms with Crippen LogP contribution in [-0.4, -0.2) is 27.1 Å². The monoisotopic (exact) mass is 243 g/mol. The summed E-state index contributed by atoms with van der Waals surface area (Å²) < 4.78 is 0. The van der Waals surface area contributed by atoms with Crippen LogP contribution in [0.4, 0.5) is 5.95 Å². The van der Waals surface area contributed by atoms with Crippen LogP contribution in [0.2, 0.25) is 5.15 Å². The lowest BCUT2D eigenvalue weighted by molar-refractivity contribution is -0.116. The van der Waals surface area contributed by atoms with E-state index in [-0.39, 0.29) is 18.3 Å². The van der Waals surface area contributed by atoms with Gasteiger partial charge in [-0.25, -0.2) is 9.97 Å². The van der Waals surface area contributed by atoms with Gasteiger partial charge in [0.05, 0.1) is 6.10 Å². The molecule has 5 nitrogen and oxygen atoms in total. The first-order valence-electron chi connectivity index (χ1n) is 4.96. The van der Waals surface area contributed by atoms with Gasteiger partial charge < -0.3 is 5.11 Å². The van der Waals surface area contributed by atoms with E-state index in [0.29, 0.717) is 17.3 Å². The number of nitrogens with one attached hydrogen (secondary N) is 1. The summed E-state index contributed by atoms with van der Waals surface area (Å²) in [6, 6.07) is 1.60. The molecule has 1 unspecified atom stereocenters. The van der Waals surface area contributed by atoms with Crippen LogP contribution in [-0.2, 0) is 4.79 Å². The van der Waals surface area contributed by atoms with Crippen molar-refractivity contribution in [3.63, 3.8) is 0 Å². The van der Waals surface area contributed by atoms with E-state index >= 15 is 0 Å². The quantitative estimate of drug-likeness (QED) is 0.787. The summed E-state index contributed by atoms with van der Waals surface area (Å²) in [7, 11) is 0. The Morgan fingerprint density at radius 1 is 1.62 bits per heavy atom. The number of nitrogens with zero attached hydrogens (tertiary/aromatic N) is 2. The molecular formula is C10H14ClN3O2. The molecule has 1 heterocycles. The second-order valence-corrected chi connectivity index (χ2v) is 3.98. The van der Waals surface area contributed by atoms with Crippen LogP contribution in [0.15, 0.2) is 6.07 Å². The number of hydrogen-bond donors (Lipinski definition) is 2. The minimum absolute atomic E-state index is 0.195. The zero-order valence-electron chi connectivity index (χ0n) is 9.20. The predicted molar refractivity (Wildman–Crippen MR) is 61.3 cm³/mol. The molecule has 0 fully saturated rings. The van der Waals surface area contributed by atoms with E-state index < -0.39 is 6.10 Å². The molecule has 0 aliphatic rings.